The maximum Gasteiger partial charge on any atom is 0.249 e. The normalized spacial score (nSPS) is 23.5. The Morgan fingerprint density at radius 3 is 2.95 bits per heavy atom. The molecule has 0 saturated carbocycles. The molecule has 0 aromatic carbocycles. The highest BCUT2D eigenvalue weighted by Crippen LogP contribution is 2.29. The van der Waals surface area contributed by atoms with Crippen LogP contribution in [0.1, 0.15) is 39.4 Å². The quantitative estimate of drug-likeness (QED) is 0.846. The Labute approximate surface area is 120 Å². The Bertz CT molecular complexity index is 488. The molecule has 1 aliphatic rings. The van der Waals surface area contributed by atoms with Gasteiger partial charge in [-0.3, -0.25) is 4.79 Å². The lowest BCUT2D eigenvalue weighted by Crippen LogP contribution is -2.38. The van der Waals surface area contributed by atoms with E-state index < -0.39 is 0 Å². The third-order valence-corrected chi connectivity index (χ3v) is 3.67. The lowest BCUT2D eigenvalue weighted by Gasteiger charge is -2.29. The molecule has 1 fully saturated rings. The van der Waals surface area contributed by atoms with E-state index in [2.05, 4.69) is 13.8 Å². The van der Waals surface area contributed by atoms with Crippen molar-refractivity contribution in [2.75, 3.05) is 13.1 Å². The van der Waals surface area contributed by atoms with Crippen LogP contribution in [0.3, 0.4) is 0 Å². The highest BCUT2D eigenvalue weighted by molar-refractivity contribution is 5.97. The number of hydrogen-bond donors (Lipinski definition) is 1. The van der Waals surface area contributed by atoms with Gasteiger partial charge in [-0.15, -0.1) is 0 Å². The molecule has 0 bridgehead atoms. The molecule has 2 heterocycles. The fourth-order valence-electron chi connectivity index (χ4n) is 2.78. The first-order valence-corrected chi connectivity index (χ1v) is 7.06. The van der Waals surface area contributed by atoms with Crippen molar-refractivity contribution in [3.63, 3.8) is 0 Å². The summed E-state index contributed by atoms with van der Waals surface area (Å²) in [5.74, 6) is 0.702. The topological polar surface area (TPSA) is 53.7 Å². The third kappa shape index (κ3) is 3.73. The van der Waals surface area contributed by atoms with Crippen molar-refractivity contribution >= 4 is 12.0 Å². The van der Waals surface area contributed by atoms with E-state index in [1.54, 1.807) is 25.3 Å². The van der Waals surface area contributed by atoms with Gasteiger partial charge in [0.05, 0.1) is 12.4 Å². The Hall–Kier alpha value is -1.55. The molecule has 1 atom stereocenters. The maximum absolute atomic E-state index is 12.5. The highest BCUT2D eigenvalue weighted by atomic mass is 16.3. The van der Waals surface area contributed by atoms with Gasteiger partial charge < -0.3 is 14.4 Å². The van der Waals surface area contributed by atoms with E-state index in [4.69, 9.17) is 4.42 Å². The predicted octanol–water partition coefficient (Wildman–Crippen LogP) is 2.69. The van der Waals surface area contributed by atoms with Gasteiger partial charge in [-0.05, 0) is 43.4 Å². The van der Waals surface area contributed by atoms with Crippen LogP contribution in [0.4, 0.5) is 0 Å². The predicted molar refractivity (Wildman–Crippen MR) is 78.0 cm³/mol. The van der Waals surface area contributed by atoms with E-state index in [-0.39, 0.29) is 17.4 Å². The second kappa shape index (κ2) is 5.83. The second-order valence-corrected chi connectivity index (χ2v) is 6.38. The molecule has 1 aliphatic heterocycles. The Kier molecular flexibility index (Phi) is 4.33. The van der Waals surface area contributed by atoms with Gasteiger partial charge in [0.25, 0.3) is 0 Å². The first-order chi connectivity index (χ1) is 9.37. The lowest BCUT2D eigenvalue weighted by atomic mass is 9.87. The van der Waals surface area contributed by atoms with Crippen LogP contribution in [0, 0.1) is 5.41 Å². The number of amides is 1. The number of nitrogens with zero attached hydrogens (tertiary/aromatic N) is 1. The van der Waals surface area contributed by atoms with Gasteiger partial charge in [-0.1, -0.05) is 13.8 Å². The van der Waals surface area contributed by atoms with Gasteiger partial charge in [-0.2, -0.15) is 0 Å². The van der Waals surface area contributed by atoms with Gasteiger partial charge >= 0.3 is 0 Å². The van der Waals surface area contributed by atoms with Gasteiger partial charge in [-0.25, -0.2) is 0 Å². The molecule has 0 radical (unpaired) electrons. The molecule has 2 rings (SSSR count). The van der Waals surface area contributed by atoms with Crippen molar-refractivity contribution in [2.24, 2.45) is 5.41 Å². The zero-order valence-corrected chi connectivity index (χ0v) is 12.4. The SMILES string of the molecule is CC(=Cc1ccco1)C(=O)N1CCC(O)CC(C)(C)C1. The number of aliphatic hydroxyl groups is 1. The van der Waals surface area contributed by atoms with Gasteiger partial charge in [0.2, 0.25) is 5.91 Å². The van der Waals surface area contributed by atoms with Gasteiger partial charge in [0.15, 0.2) is 0 Å². The Morgan fingerprint density at radius 1 is 1.55 bits per heavy atom. The minimum absolute atomic E-state index is 0.0172. The van der Waals surface area contributed by atoms with E-state index in [1.165, 1.54) is 0 Å². The van der Waals surface area contributed by atoms with Crippen molar-refractivity contribution in [3.05, 3.63) is 29.7 Å². The summed E-state index contributed by atoms with van der Waals surface area (Å²) < 4.78 is 5.24. The van der Waals surface area contributed by atoms with E-state index in [0.29, 0.717) is 30.8 Å². The lowest BCUT2D eigenvalue weighted by molar-refractivity contribution is -0.128. The Balaban J connectivity index is 2.11. The number of aliphatic hydroxyl groups excluding tert-OH is 1. The number of carbonyl (C=O) groups excluding carboxylic acids is 1. The van der Waals surface area contributed by atoms with Crippen molar-refractivity contribution in [2.45, 2.75) is 39.7 Å². The molecular formula is C16H23NO3. The first-order valence-electron chi connectivity index (χ1n) is 7.06. The van der Waals surface area contributed by atoms with Gasteiger partial charge in [0, 0.05) is 18.7 Å². The summed E-state index contributed by atoms with van der Waals surface area (Å²) in [6, 6.07) is 3.63. The minimum Gasteiger partial charge on any atom is -0.465 e. The van der Waals surface area contributed by atoms with Crippen LogP contribution in [-0.4, -0.2) is 35.1 Å². The van der Waals surface area contributed by atoms with Crippen LogP contribution in [0.15, 0.2) is 28.4 Å². The van der Waals surface area contributed by atoms with E-state index in [9.17, 15) is 9.90 Å². The minimum atomic E-state index is -0.322. The van der Waals surface area contributed by atoms with Crippen LogP contribution in [0.25, 0.3) is 6.08 Å². The fourth-order valence-corrected chi connectivity index (χ4v) is 2.78. The largest absolute Gasteiger partial charge is 0.465 e. The van der Waals surface area contributed by atoms with Crippen molar-refractivity contribution in [1.29, 1.82) is 0 Å². The highest BCUT2D eigenvalue weighted by Gasteiger charge is 2.31. The van der Waals surface area contributed by atoms with Crippen LogP contribution in [-0.2, 0) is 4.79 Å². The molecular weight excluding hydrogens is 254 g/mol. The second-order valence-electron chi connectivity index (χ2n) is 6.38. The average Bonchev–Trinajstić information content (AvgIpc) is 2.80. The number of rotatable bonds is 2. The van der Waals surface area contributed by atoms with Crippen LogP contribution < -0.4 is 0 Å². The molecule has 0 spiro atoms. The summed E-state index contributed by atoms with van der Waals surface area (Å²) in [6.07, 6.45) is 4.41. The van der Waals surface area contributed by atoms with E-state index in [0.717, 1.165) is 6.42 Å². The molecule has 20 heavy (non-hydrogen) atoms. The molecule has 110 valence electrons. The number of carbonyl (C=O) groups is 1. The summed E-state index contributed by atoms with van der Waals surface area (Å²) in [6.45, 7) is 7.26. The molecule has 0 aliphatic carbocycles. The van der Waals surface area contributed by atoms with Crippen LogP contribution in [0.2, 0.25) is 0 Å². The van der Waals surface area contributed by atoms with Gasteiger partial charge in [0.1, 0.15) is 5.76 Å². The number of likely N-dealkylation sites (tertiary alicyclic amines) is 1. The van der Waals surface area contributed by atoms with Crippen LogP contribution in [0.5, 0.6) is 0 Å². The molecule has 1 saturated heterocycles. The molecule has 1 N–H and O–H groups in total. The molecule has 1 amide bonds. The average molecular weight is 277 g/mol. The molecule has 1 unspecified atom stereocenters. The van der Waals surface area contributed by atoms with E-state index in [1.807, 2.05) is 11.0 Å². The molecule has 1 aromatic rings. The first kappa shape index (κ1) is 14.9. The standard InChI is InChI=1S/C16H23NO3/c1-12(9-14-5-4-8-20-14)15(19)17-7-6-13(18)10-16(2,3)11-17/h4-5,8-9,13,18H,6-7,10-11H2,1-3H3. The molecule has 4 nitrogen and oxygen atoms in total. The Morgan fingerprint density at radius 2 is 2.30 bits per heavy atom. The van der Waals surface area contributed by atoms with Crippen molar-refractivity contribution < 1.29 is 14.3 Å². The summed E-state index contributed by atoms with van der Waals surface area (Å²) in [5, 5.41) is 9.90. The smallest absolute Gasteiger partial charge is 0.249 e. The summed E-state index contributed by atoms with van der Waals surface area (Å²) >= 11 is 0. The third-order valence-electron chi connectivity index (χ3n) is 3.67. The van der Waals surface area contributed by atoms with Crippen LogP contribution >= 0.6 is 0 Å². The zero-order valence-electron chi connectivity index (χ0n) is 12.4. The monoisotopic (exact) mass is 277 g/mol. The number of hydrogen-bond acceptors (Lipinski definition) is 3. The van der Waals surface area contributed by atoms with E-state index >= 15 is 0 Å². The number of furan rings is 1. The zero-order chi connectivity index (χ0) is 14.8. The molecule has 1 aromatic heterocycles. The molecule has 4 heteroatoms. The summed E-state index contributed by atoms with van der Waals surface area (Å²) in [4.78, 5) is 14.3. The maximum atomic E-state index is 12.5. The summed E-state index contributed by atoms with van der Waals surface area (Å²) in [5.41, 5.74) is 0.600. The van der Waals surface area contributed by atoms with Crippen molar-refractivity contribution in [3.8, 4) is 0 Å². The fraction of sp³-hybridized carbons (Fsp3) is 0.562. The van der Waals surface area contributed by atoms with Crippen molar-refractivity contribution in [1.82, 2.24) is 4.90 Å². The summed E-state index contributed by atoms with van der Waals surface area (Å²) in [7, 11) is 0.